The van der Waals surface area contributed by atoms with E-state index in [9.17, 15) is 9.90 Å². The van der Waals surface area contributed by atoms with Gasteiger partial charge in [-0.3, -0.25) is 0 Å². The van der Waals surface area contributed by atoms with E-state index in [1.165, 1.54) is 6.08 Å². The highest BCUT2D eigenvalue weighted by Crippen LogP contribution is 2.23. The number of aliphatic hydroxyl groups excluding tert-OH is 2. The van der Waals surface area contributed by atoms with E-state index in [0.29, 0.717) is 18.8 Å². The summed E-state index contributed by atoms with van der Waals surface area (Å²) in [4.78, 5) is 11.4. The quantitative estimate of drug-likeness (QED) is 0.412. The van der Waals surface area contributed by atoms with Crippen LogP contribution in [0, 0.1) is 0 Å². The van der Waals surface area contributed by atoms with E-state index >= 15 is 0 Å². The summed E-state index contributed by atoms with van der Waals surface area (Å²) in [6, 6.07) is 7.12. The van der Waals surface area contributed by atoms with Crippen molar-refractivity contribution in [3.8, 4) is 5.75 Å². The number of hydrogen-bond acceptors (Lipinski definition) is 5. The molecule has 0 aromatic heterocycles. The van der Waals surface area contributed by atoms with E-state index in [1.807, 2.05) is 19.9 Å². The first-order chi connectivity index (χ1) is 11.5. The third-order valence-corrected chi connectivity index (χ3v) is 3.25. The van der Waals surface area contributed by atoms with E-state index in [1.54, 1.807) is 31.2 Å². The number of allylic oxidation sites excluding steroid dienone is 2. The van der Waals surface area contributed by atoms with Gasteiger partial charge in [-0.2, -0.15) is 0 Å². The van der Waals surface area contributed by atoms with Crippen LogP contribution in [0.4, 0.5) is 0 Å². The number of hydrogen-bond donors (Lipinski definition) is 2. The maximum absolute atomic E-state index is 11.4. The average molecular weight is 334 g/mol. The van der Waals surface area contributed by atoms with Crippen LogP contribution in [0.2, 0.25) is 0 Å². The SMILES string of the molecule is CCOC(=O)/C=C(C)/C=C(\C)C[C@H](O)c1ccc(OCCO)cc1. The molecule has 5 nitrogen and oxygen atoms in total. The van der Waals surface area contributed by atoms with Crippen LogP contribution in [0.25, 0.3) is 0 Å². The first-order valence-corrected chi connectivity index (χ1v) is 8.00. The van der Waals surface area contributed by atoms with E-state index in [0.717, 1.165) is 16.7 Å². The molecule has 1 rings (SSSR count). The molecule has 1 aromatic carbocycles. The van der Waals surface area contributed by atoms with E-state index in [-0.39, 0.29) is 19.2 Å². The zero-order chi connectivity index (χ0) is 17.9. The van der Waals surface area contributed by atoms with Gasteiger partial charge >= 0.3 is 5.97 Å². The highest BCUT2D eigenvalue weighted by Gasteiger charge is 2.09. The van der Waals surface area contributed by atoms with E-state index in [2.05, 4.69) is 0 Å². The van der Waals surface area contributed by atoms with Gasteiger partial charge in [0.25, 0.3) is 0 Å². The summed E-state index contributed by atoms with van der Waals surface area (Å²) in [6.07, 6.45) is 3.12. The van der Waals surface area contributed by atoms with Crippen molar-refractivity contribution in [3.05, 3.63) is 53.1 Å². The normalized spacial score (nSPS) is 13.5. The molecule has 0 heterocycles. The maximum atomic E-state index is 11.4. The summed E-state index contributed by atoms with van der Waals surface area (Å²) in [7, 11) is 0. The molecule has 1 aromatic rings. The third kappa shape index (κ3) is 7.44. The van der Waals surface area contributed by atoms with Crippen LogP contribution < -0.4 is 4.74 Å². The molecule has 0 spiro atoms. The number of esters is 1. The predicted octanol–water partition coefficient (Wildman–Crippen LogP) is 2.94. The molecule has 0 aliphatic rings. The molecule has 24 heavy (non-hydrogen) atoms. The van der Waals surface area contributed by atoms with Crippen LogP contribution in [0.15, 0.2) is 47.6 Å². The molecular weight excluding hydrogens is 308 g/mol. The molecule has 2 N–H and O–H groups in total. The molecule has 0 radical (unpaired) electrons. The lowest BCUT2D eigenvalue weighted by molar-refractivity contribution is -0.137. The van der Waals surface area contributed by atoms with Gasteiger partial charge in [-0.25, -0.2) is 4.79 Å². The lowest BCUT2D eigenvalue weighted by Gasteiger charge is -2.12. The van der Waals surface area contributed by atoms with Crippen molar-refractivity contribution in [1.29, 1.82) is 0 Å². The fraction of sp³-hybridized carbons (Fsp3) is 0.421. The Balaban J connectivity index is 2.63. The first kappa shape index (κ1) is 19.9. The van der Waals surface area contributed by atoms with Crippen molar-refractivity contribution < 1.29 is 24.5 Å². The summed E-state index contributed by atoms with van der Waals surface area (Å²) in [5.41, 5.74) is 2.53. The van der Waals surface area contributed by atoms with Gasteiger partial charge in [0.05, 0.1) is 19.3 Å². The van der Waals surface area contributed by atoms with Crippen LogP contribution in [0.5, 0.6) is 5.75 Å². The molecule has 0 bridgehead atoms. The Kier molecular flexibility index (Phi) is 8.83. The molecule has 0 amide bonds. The highest BCUT2D eigenvalue weighted by atomic mass is 16.5. The standard InChI is InChI=1S/C19H26O5/c1-4-23-19(22)13-15(3)11-14(2)12-18(21)16-5-7-17(8-6-16)24-10-9-20/h5-8,11,13,18,20-21H,4,9-10,12H2,1-3H3/b14-11+,15-13+/t18-/m0/s1. The maximum Gasteiger partial charge on any atom is 0.330 e. The zero-order valence-corrected chi connectivity index (χ0v) is 14.5. The average Bonchev–Trinajstić information content (AvgIpc) is 2.53. The zero-order valence-electron chi connectivity index (χ0n) is 14.5. The van der Waals surface area contributed by atoms with Crippen molar-refractivity contribution in [2.24, 2.45) is 0 Å². The summed E-state index contributed by atoms with van der Waals surface area (Å²) in [5.74, 6) is 0.290. The Morgan fingerprint density at radius 2 is 1.88 bits per heavy atom. The first-order valence-electron chi connectivity index (χ1n) is 8.00. The molecule has 0 aliphatic heterocycles. The summed E-state index contributed by atoms with van der Waals surface area (Å²) in [6.45, 7) is 6.05. The van der Waals surface area contributed by atoms with Crippen LogP contribution in [-0.4, -0.2) is 36.0 Å². The van der Waals surface area contributed by atoms with Gasteiger partial charge in [-0.05, 0) is 50.5 Å². The lowest BCUT2D eigenvalue weighted by Crippen LogP contribution is -2.02. The molecule has 132 valence electrons. The van der Waals surface area contributed by atoms with Crippen LogP contribution in [0.3, 0.4) is 0 Å². The van der Waals surface area contributed by atoms with Crippen LogP contribution >= 0.6 is 0 Å². The van der Waals surface area contributed by atoms with Crippen molar-refractivity contribution in [3.63, 3.8) is 0 Å². The van der Waals surface area contributed by atoms with Crippen molar-refractivity contribution in [2.45, 2.75) is 33.3 Å². The summed E-state index contributed by atoms with van der Waals surface area (Å²) in [5, 5.41) is 19.0. The molecule has 0 unspecified atom stereocenters. The lowest BCUT2D eigenvalue weighted by atomic mass is 10.0. The van der Waals surface area contributed by atoms with E-state index < -0.39 is 6.10 Å². The Morgan fingerprint density at radius 3 is 2.46 bits per heavy atom. The Morgan fingerprint density at radius 1 is 1.21 bits per heavy atom. The number of carbonyl (C=O) groups excluding carboxylic acids is 1. The smallest absolute Gasteiger partial charge is 0.330 e. The van der Waals surface area contributed by atoms with Crippen molar-refractivity contribution in [2.75, 3.05) is 19.8 Å². The number of carbonyl (C=O) groups is 1. The summed E-state index contributed by atoms with van der Waals surface area (Å²) >= 11 is 0. The monoisotopic (exact) mass is 334 g/mol. The van der Waals surface area contributed by atoms with Crippen LogP contribution in [-0.2, 0) is 9.53 Å². The van der Waals surface area contributed by atoms with Gasteiger partial charge in [0.1, 0.15) is 12.4 Å². The minimum Gasteiger partial charge on any atom is -0.491 e. The highest BCUT2D eigenvalue weighted by molar-refractivity contribution is 5.83. The number of rotatable bonds is 9. The second-order valence-electron chi connectivity index (χ2n) is 5.49. The van der Waals surface area contributed by atoms with Gasteiger partial charge in [0.2, 0.25) is 0 Å². The number of benzene rings is 1. The van der Waals surface area contributed by atoms with Crippen molar-refractivity contribution >= 4 is 5.97 Å². The molecular formula is C19H26O5. The fourth-order valence-corrected chi connectivity index (χ4v) is 2.23. The molecule has 0 aliphatic carbocycles. The molecule has 0 saturated heterocycles. The Labute approximate surface area is 143 Å². The number of aliphatic hydroxyl groups is 2. The molecule has 1 atom stereocenters. The number of ether oxygens (including phenoxy) is 2. The topological polar surface area (TPSA) is 76.0 Å². The van der Waals surface area contributed by atoms with Gasteiger partial charge in [-0.15, -0.1) is 0 Å². The molecule has 0 saturated carbocycles. The predicted molar refractivity (Wildman–Crippen MR) is 92.7 cm³/mol. The largest absolute Gasteiger partial charge is 0.491 e. The second kappa shape index (κ2) is 10.6. The fourth-order valence-electron chi connectivity index (χ4n) is 2.23. The van der Waals surface area contributed by atoms with Gasteiger partial charge in [-0.1, -0.05) is 23.8 Å². The minimum absolute atomic E-state index is 0.0347. The third-order valence-electron chi connectivity index (χ3n) is 3.25. The van der Waals surface area contributed by atoms with E-state index in [4.69, 9.17) is 14.6 Å². The van der Waals surface area contributed by atoms with Gasteiger partial charge in [0, 0.05) is 6.08 Å². The summed E-state index contributed by atoms with van der Waals surface area (Å²) < 4.78 is 10.1. The molecule has 0 fully saturated rings. The van der Waals surface area contributed by atoms with Crippen molar-refractivity contribution in [1.82, 2.24) is 0 Å². The Bertz CT molecular complexity index is 572. The Hall–Kier alpha value is -2.11. The van der Waals surface area contributed by atoms with Crippen LogP contribution in [0.1, 0.15) is 38.9 Å². The minimum atomic E-state index is -0.636. The second-order valence-corrected chi connectivity index (χ2v) is 5.49. The van der Waals surface area contributed by atoms with Gasteiger partial charge < -0.3 is 19.7 Å². The van der Waals surface area contributed by atoms with Gasteiger partial charge in [0.15, 0.2) is 0 Å². The molecule has 5 heteroatoms.